The van der Waals surface area contributed by atoms with Crippen LogP contribution in [0.4, 0.5) is 0 Å². The maximum atomic E-state index is 12.7. The van der Waals surface area contributed by atoms with Crippen LogP contribution in [-0.2, 0) is 0 Å². The molecule has 0 amide bonds. The van der Waals surface area contributed by atoms with Gasteiger partial charge in [0.2, 0.25) is 0 Å². The van der Waals surface area contributed by atoms with Crippen molar-refractivity contribution in [2.45, 2.75) is 53.4 Å². The van der Waals surface area contributed by atoms with Gasteiger partial charge in [-0.2, -0.15) is 0 Å². The van der Waals surface area contributed by atoms with Crippen molar-refractivity contribution in [2.75, 3.05) is 26.2 Å². The van der Waals surface area contributed by atoms with E-state index in [1.165, 1.54) is 0 Å². The normalized spacial score (nSPS) is 11.2. The number of benzene rings is 1. The van der Waals surface area contributed by atoms with Crippen molar-refractivity contribution < 1.29 is 9.53 Å². The molecule has 0 saturated carbocycles. The second-order valence-corrected chi connectivity index (χ2v) is 6.04. The van der Waals surface area contributed by atoms with Gasteiger partial charge in [-0.3, -0.25) is 9.69 Å². The summed E-state index contributed by atoms with van der Waals surface area (Å²) in [5.41, 5.74) is 1.93. The van der Waals surface area contributed by atoms with Crippen LogP contribution in [0.3, 0.4) is 0 Å². The summed E-state index contributed by atoms with van der Waals surface area (Å²) in [6.07, 6.45) is 2.15. The molecule has 0 aliphatic rings. The van der Waals surface area contributed by atoms with Crippen molar-refractivity contribution in [1.82, 2.24) is 4.90 Å². The Morgan fingerprint density at radius 2 is 1.77 bits per heavy atom. The van der Waals surface area contributed by atoms with Gasteiger partial charge in [0, 0.05) is 5.56 Å². The SMILES string of the molecule is CCCN(CCC)CC(=O)c1ccc(OCC)cc1C(C)C. The van der Waals surface area contributed by atoms with Gasteiger partial charge in [0.1, 0.15) is 5.75 Å². The predicted octanol–water partition coefficient (Wildman–Crippen LogP) is 4.51. The second-order valence-electron chi connectivity index (χ2n) is 6.04. The van der Waals surface area contributed by atoms with Crippen LogP contribution in [0, 0.1) is 0 Å². The summed E-state index contributed by atoms with van der Waals surface area (Å²) >= 11 is 0. The molecule has 0 unspecified atom stereocenters. The zero-order valence-electron chi connectivity index (χ0n) is 14.8. The molecule has 0 heterocycles. The lowest BCUT2D eigenvalue weighted by atomic mass is 9.94. The Bertz CT molecular complexity index is 463. The van der Waals surface area contributed by atoms with E-state index >= 15 is 0 Å². The fourth-order valence-corrected chi connectivity index (χ4v) is 2.72. The van der Waals surface area contributed by atoms with Gasteiger partial charge in [-0.05, 0) is 62.5 Å². The number of rotatable bonds is 10. The van der Waals surface area contributed by atoms with E-state index < -0.39 is 0 Å². The predicted molar refractivity (Wildman–Crippen MR) is 93.1 cm³/mol. The molecule has 0 N–H and O–H groups in total. The minimum atomic E-state index is 0.216. The third-order valence-electron chi connectivity index (χ3n) is 3.70. The van der Waals surface area contributed by atoms with E-state index in [-0.39, 0.29) is 5.78 Å². The number of hydrogen-bond acceptors (Lipinski definition) is 3. The highest BCUT2D eigenvalue weighted by atomic mass is 16.5. The fraction of sp³-hybridized carbons (Fsp3) is 0.632. The molecule has 0 aliphatic heterocycles. The summed E-state index contributed by atoms with van der Waals surface area (Å²) in [4.78, 5) is 15.0. The van der Waals surface area contributed by atoms with Crippen LogP contribution >= 0.6 is 0 Å². The molecular formula is C19H31NO2. The molecule has 3 nitrogen and oxygen atoms in total. The van der Waals surface area contributed by atoms with Crippen LogP contribution in [-0.4, -0.2) is 36.9 Å². The summed E-state index contributed by atoms with van der Waals surface area (Å²) in [7, 11) is 0. The van der Waals surface area contributed by atoms with Crippen LogP contribution < -0.4 is 4.74 Å². The van der Waals surface area contributed by atoms with Crippen molar-refractivity contribution in [3.8, 4) is 5.75 Å². The molecule has 22 heavy (non-hydrogen) atoms. The summed E-state index contributed by atoms with van der Waals surface area (Å²) in [5, 5.41) is 0. The monoisotopic (exact) mass is 305 g/mol. The highest BCUT2D eigenvalue weighted by molar-refractivity contribution is 5.99. The molecule has 1 rings (SSSR count). The second kappa shape index (κ2) is 9.62. The Balaban J connectivity index is 2.95. The van der Waals surface area contributed by atoms with Gasteiger partial charge >= 0.3 is 0 Å². The van der Waals surface area contributed by atoms with E-state index in [9.17, 15) is 4.79 Å². The van der Waals surface area contributed by atoms with Gasteiger partial charge in [0.15, 0.2) is 5.78 Å². The molecule has 0 aliphatic carbocycles. The molecule has 3 heteroatoms. The van der Waals surface area contributed by atoms with Crippen molar-refractivity contribution >= 4 is 5.78 Å². The lowest BCUT2D eigenvalue weighted by Gasteiger charge is -2.21. The average molecular weight is 305 g/mol. The van der Waals surface area contributed by atoms with Crippen molar-refractivity contribution in [3.63, 3.8) is 0 Å². The molecule has 0 bridgehead atoms. The smallest absolute Gasteiger partial charge is 0.177 e. The summed E-state index contributed by atoms with van der Waals surface area (Å²) in [6.45, 7) is 13.6. The average Bonchev–Trinajstić information content (AvgIpc) is 2.47. The largest absolute Gasteiger partial charge is 0.494 e. The molecule has 124 valence electrons. The molecule has 0 aromatic heterocycles. The third kappa shape index (κ3) is 5.45. The van der Waals surface area contributed by atoms with E-state index in [1.54, 1.807) is 0 Å². The van der Waals surface area contributed by atoms with Gasteiger partial charge in [0.05, 0.1) is 13.2 Å². The molecule has 1 aromatic carbocycles. The molecule has 0 atom stereocenters. The third-order valence-corrected chi connectivity index (χ3v) is 3.70. The van der Waals surface area contributed by atoms with Crippen molar-refractivity contribution in [1.29, 1.82) is 0 Å². The maximum absolute atomic E-state index is 12.7. The molecule has 0 spiro atoms. The van der Waals surface area contributed by atoms with Crippen LogP contribution in [0.2, 0.25) is 0 Å². The number of Topliss-reactive ketones (excluding diaryl/α,β-unsaturated/α-hetero) is 1. The number of carbonyl (C=O) groups is 1. The molecule has 1 aromatic rings. The first kappa shape index (κ1) is 18.7. The number of carbonyl (C=O) groups excluding carboxylic acids is 1. The molecule has 0 saturated heterocycles. The Kier molecular flexibility index (Phi) is 8.18. The van der Waals surface area contributed by atoms with Gasteiger partial charge in [0.25, 0.3) is 0 Å². The minimum Gasteiger partial charge on any atom is -0.494 e. The fourth-order valence-electron chi connectivity index (χ4n) is 2.72. The van der Waals surface area contributed by atoms with E-state index in [0.29, 0.717) is 19.1 Å². The van der Waals surface area contributed by atoms with Crippen LogP contribution in [0.1, 0.15) is 69.3 Å². The Morgan fingerprint density at radius 1 is 1.14 bits per heavy atom. The Hall–Kier alpha value is -1.35. The quantitative estimate of drug-likeness (QED) is 0.595. The lowest BCUT2D eigenvalue weighted by molar-refractivity contribution is 0.0929. The minimum absolute atomic E-state index is 0.216. The summed E-state index contributed by atoms with van der Waals surface area (Å²) in [6, 6.07) is 5.86. The van der Waals surface area contributed by atoms with Crippen molar-refractivity contribution in [3.05, 3.63) is 29.3 Å². The first-order valence-corrected chi connectivity index (χ1v) is 8.55. The Labute approximate surface area is 135 Å². The molecule has 0 fully saturated rings. The number of ketones is 1. The highest BCUT2D eigenvalue weighted by Crippen LogP contribution is 2.25. The van der Waals surface area contributed by atoms with Gasteiger partial charge in [-0.1, -0.05) is 27.7 Å². The standard InChI is InChI=1S/C19H31NO2/c1-6-11-20(12-7-2)14-19(21)17-10-9-16(22-8-3)13-18(17)15(4)5/h9-10,13,15H,6-8,11-12,14H2,1-5H3. The molecule has 0 radical (unpaired) electrons. The van der Waals surface area contributed by atoms with Crippen LogP contribution in [0.15, 0.2) is 18.2 Å². The number of nitrogens with zero attached hydrogens (tertiary/aromatic N) is 1. The van der Waals surface area contributed by atoms with E-state index in [0.717, 1.165) is 42.8 Å². The van der Waals surface area contributed by atoms with Gasteiger partial charge < -0.3 is 4.74 Å². The molecular weight excluding hydrogens is 274 g/mol. The van der Waals surface area contributed by atoms with E-state index in [2.05, 4.69) is 32.6 Å². The van der Waals surface area contributed by atoms with Crippen LogP contribution in [0.5, 0.6) is 5.75 Å². The lowest BCUT2D eigenvalue weighted by Crippen LogP contribution is -2.31. The first-order chi connectivity index (χ1) is 10.5. The van der Waals surface area contributed by atoms with Gasteiger partial charge in [-0.15, -0.1) is 0 Å². The van der Waals surface area contributed by atoms with Crippen molar-refractivity contribution in [2.24, 2.45) is 0 Å². The Morgan fingerprint density at radius 3 is 2.27 bits per heavy atom. The number of ether oxygens (including phenoxy) is 1. The summed E-state index contributed by atoms with van der Waals surface area (Å²) < 4.78 is 5.57. The topological polar surface area (TPSA) is 29.5 Å². The van der Waals surface area contributed by atoms with Crippen LogP contribution in [0.25, 0.3) is 0 Å². The van der Waals surface area contributed by atoms with Gasteiger partial charge in [-0.25, -0.2) is 0 Å². The highest BCUT2D eigenvalue weighted by Gasteiger charge is 2.17. The van der Waals surface area contributed by atoms with E-state index in [4.69, 9.17) is 4.74 Å². The maximum Gasteiger partial charge on any atom is 0.177 e. The zero-order valence-corrected chi connectivity index (χ0v) is 14.8. The first-order valence-electron chi connectivity index (χ1n) is 8.55. The summed E-state index contributed by atoms with van der Waals surface area (Å²) in [5.74, 6) is 1.38. The van der Waals surface area contributed by atoms with E-state index in [1.807, 2.05) is 25.1 Å². The number of hydrogen-bond donors (Lipinski definition) is 0. The zero-order chi connectivity index (χ0) is 16.5.